The zero-order chi connectivity index (χ0) is 21.6. The van der Waals surface area contributed by atoms with E-state index in [9.17, 15) is 9.59 Å². The molecule has 2 heterocycles. The fourth-order valence-electron chi connectivity index (χ4n) is 3.42. The van der Waals surface area contributed by atoms with Gasteiger partial charge in [0.25, 0.3) is 5.91 Å². The third kappa shape index (κ3) is 5.24. The monoisotopic (exact) mass is 436 g/mol. The molecule has 2 amide bonds. The number of benzene rings is 2. The van der Waals surface area contributed by atoms with Crippen molar-refractivity contribution >= 4 is 23.2 Å². The molecule has 0 saturated heterocycles. The smallest absolute Gasteiger partial charge is 0.262 e. The Kier molecular flexibility index (Phi) is 6.52. The van der Waals surface area contributed by atoms with Crippen LogP contribution in [0.15, 0.2) is 66.0 Å². The molecular formula is C24H24N2O4S. The molecule has 1 aliphatic heterocycles. The summed E-state index contributed by atoms with van der Waals surface area (Å²) < 4.78 is 11.2. The van der Waals surface area contributed by atoms with Gasteiger partial charge in [0.15, 0.2) is 11.5 Å². The van der Waals surface area contributed by atoms with Crippen LogP contribution in [0.3, 0.4) is 0 Å². The molecule has 31 heavy (non-hydrogen) atoms. The van der Waals surface area contributed by atoms with Gasteiger partial charge in [-0.2, -0.15) is 0 Å². The molecule has 3 aromatic rings. The SMILES string of the molecule is C[C@H](NC(=O)[C@@H](Cc1ccccc1)NC(=O)c1cccs1)c1ccc2c(c1)OCCO2. The Labute approximate surface area is 185 Å². The van der Waals surface area contributed by atoms with E-state index < -0.39 is 6.04 Å². The average molecular weight is 437 g/mol. The molecule has 0 bridgehead atoms. The van der Waals surface area contributed by atoms with Gasteiger partial charge in [-0.15, -0.1) is 11.3 Å². The lowest BCUT2D eigenvalue weighted by molar-refractivity contribution is -0.123. The fourth-order valence-corrected chi connectivity index (χ4v) is 4.05. The summed E-state index contributed by atoms with van der Waals surface area (Å²) >= 11 is 1.35. The highest BCUT2D eigenvalue weighted by Crippen LogP contribution is 2.32. The van der Waals surface area contributed by atoms with Gasteiger partial charge in [0.05, 0.1) is 10.9 Å². The van der Waals surface area contributed by atoms with E-state index in [0.717, 1.165) is 11.1 Å². The summed E-state index contributed by atoms with van der Waals surface area (Å²) in [6.45, 7) is 2.94. The predicted octanol–water partition coefficient (Wildman–Crippen LogP) is 3.74. The van der Waals surface area contributed by atoms with Crippen molar-refractivity contribution in [1.82, 2.24) is 10.6 Å². The van der Waals surface area contributed by atoms with Crippen molar-refractivity contribution in [3.8, 4) is 11.5 Å². The summed E-state index contributed by atoms with van der Waals surface area (Å²) in [7, 11) is 0. The number of hydrogen-bond acceptors (Lipinski definition) is 5. The Morgan fingerprint density at radius 3 is 2.48 bits per heavy atom. The zero-order valence-corrected chi connectivity index (χ0v) is 18.0. The molecule has 0 aliphatic carbocycles. The van der Waals surface area contributed by atoms with E-state index in [1.807, 2.05) is 66.9 Å². The maximum Gasteiger partial charge on any atom is 0.262 e. The van der Waals surface area contributed by atoms with Gasteiger partial charge in [0.2, 0.25) is 5.91 Å². The number of hydrogen-bond donors (Lipinski definition) is 2. The number of thiophene rings is 1. The Hall–Kier alpha value is -3.32. The molecule has 160 valence electrons. The number of amides is 2. The first kappa shape index (κ1) is 20.9. The van der Waals surface area contributed by atoms with Crippen LogP contribution in [0.1, 0.15) is 33.8 Å². The van der Waals surface area contributed by atoms with Gasteiger partial charge in [-0.25, -0.2) is 0 Å². The molecule has 2 atom stereocenters. The van der Waals surface area contributed by atoms with Crippen LogP contribution in [0.5, 0.6) is 11.5 Å². The van der Waals surface area contributed by atoms with Crippen LogP contribution < -0.4 is 20.1 Å². The third-order valence-electron chi connectivity index (χ3n) is 5.07. The Balaban J connectivity index is 1.48. The molecule has 2 aromatic carbocycles. The van der Waals surface area contributed by atoms with Gasteiger partial charge in [-0.3, -0.25) is 9.59 Å². The van der Waals surface area contributed by atoms with E-state index in [1.54, 1.807) is 6.07 Å². The van der Waals surface area contributed by atoms with E-state index >= 15 is 0 Å². The minimum absolute atomic E-state index is 0.240. The van der Waals surface area contributed by atoms with Gasteiger partial charge >= 0.3 is 0 Å². The lowest BCUT2D eigenvalue weighted by Gasteiger charge is -2.23. The Morgan fingerprint density at radius 1 is 0.968 bits per heavy atom. The molecule has 6 nitrogen and oxygen atoms in total. The molecule has 0 radical (unpaired) electrons. The number of nitrogens with one attached hydrogen (secondary N) is 2. The molecule has 0 spiro atoms. The van der Waals surface area contributed by atoms with Gasteiger partial charge in [0, 0.05) is 6.42 Å². The zero-order valence-electron chi connectivity index (χ0n) is 17.2. The van der Waals surface area contributed by atoms with E-state index in [1.165, 1.54) is 11.3 Å². The highest BCUT2D eigenvalue weighted by Gasteiger charge is 2.24. The predicted molar refractivity (Wildman–Crippen MR) is 120 cm³/mol. The van der Waals surface area contributed by atoms with Crippen molar-refractivity contribution in [3.05, 3.63) is 82.0 Å². The van der Waals surface area contributed by atoms with Crippen molar-refractivity contribution < 1.29 is 19.1 Å². The highest BCUT2D eigenvalue weighted by atomic mass is 32.1. The maximum atomic E-state index is 13.1. The topological polar surface area (TPSA) is 76.7 Å². The summed E-state index contributed by atoms with van der Waals surface area (Å²) in [5, 5.41) is 7.75. The molecular weight excluding hydrogens is 412 g/mol. The van der Waals surface area contributed by atoms with Crippen molar-refractivity contribution in [2.45, 2.75) is 25.4 Å². The lowest BCUT2D eigenvalue weighted by atomic mass is 10.0. The lowest BCUT2D eigenvalue weighted by Crippen LogP contribution is -2.48. The minimum Gasteiger partial charge on any atom is -0.486 e. The van der Waals surface area contributed by atoms with E-state index in [2.05, 4.69) is 10.6 Å². The van der Waals surface area contributed by atoms with Crippen LogP contribution in [0.4, 0.5) is 0 Å². The third-order valence-corrected chi connectivity index (χ3v) is 5.94. The largest absolute Gasteiger partial charge is 0.486 e. The summed E-state index contributed by atoms with van der Waals surface area (Å²) in [5.74, 6) is 0.893. The van der Waals surface area contributed by atoms with Crippen molar-refractivity contribution in [1.29, 1.82) is 0 Å². The number of carbonyl (C=O) groups is 2. The molecule has 0 saturated carbocycles. The molecule has 0 fully saturated rings. The molecule has 1 aliphatic rings. The molecule has 0 unspecified atom stereocenters. The second-order valence-electron chi connectivity index (χ2n) is 7.33. The van der Waals surface area contributed by atoms with E-state index in [0.29, 0.717) is 36.0 Å². The quantitative estimate of drug-likeness (QED) is 0.592. The van der Waals surface area contributed by atoms with Crippen molar-refractivity contribution in [3.63, 3.8) is 0 Å². The molecule has 2 N–H and O–H groups in total. The van der Waals surface area contributed by atoms with Crippen LogP contribution >= 0.6 is 11.3 Å². The minimum atomic E-state index is -0.698. The summed E-state index contributed by atoms with van der Waals surface area (Å²) in [6, 6.07) is 17.9. The Bertz CT molecular complexity index is 1040. The summed E-state index contributed by atoms with van der Waals surface area (Å²) in [5.41, 5.74) is 1.88. The maximum absolute atomic E-state index is 13.1. The standard InChI is InChI=1S/C24H24N2O4S/c1-16(18-9-10-20-21(15-18)30-12-11-29-20)25-23(27)19(14-17-6-3-2-4-7-17)26-24(28)22-8-5-13-31-22/h2-10,13,15-16,19H,11-12,14H2,1H3,(H,25,27)(H,26,28)/t16-,19+/m0/s1. The van der Waals surface area contributed by atoms with Crippen LogP contribution in [-0.4, -0.2) is 31.1 Å². The molecule has 7 heteroatoms. The van der Waals surface area contributed by atoms with E-state index in [-0.39, 0.29) is 17.9 Å². The first-order valence-corrected chi connectivity index (χ1v) is 11.1. The molecule has 1 aromatic heterocycles. The van der Waals surface area contributed by atoms with Gasteiger partial charge in [-0.05, 0) is 41.6 Å². The van der Waals surface area contributed by atoms with Gasteiger partial charge < -0.3 is 20.1 Å². The summed E-state index contributed by atoms with van der Waals surface area (Å²) in [4.78, 5) is 26.3. The Morgan fingerprint density at radius 2 is 1.74 bits per heavy atom. The summed E-state index contributed by atoms with van der Waals surface area (Å²) in [6.07, 6.45) is 0.400. The number of carbonyl (C=O) groups excluding carboxylic acids is 2. The van der Waals surface area contributed by atoms with Crippen molar-refractivity contribution in [2.75, 3.05) is 13.2 Å². The fraction of sp³-hybridized carbons (Fsp3) is 0.250. The van der Waals surface area contributed by atoms with E-state index in [4.69, 9.17) is 9.47 Å². The highest BCUT2D eigenvalue weighted by molar-refractivity contribution is 7.12. The van der Waals surface area contributed by atoms with Crippen LogP contribution in [0, 0.1) is 0 Å². The normalized spacial score (nSPS) is 14.4. The number of rotatable bonds is 7. The average Bonchev–Trinajstić information content (AvgIpc) is 3.34. The second-order valence-corrected chi connectivity index (χ2v) is 8.27. The number of ether oxygens (including phenoxy) is 2. The van der Waals surface area contributed by atoms with Crippen LogP contribution in [0.2, 0.25) is 0 Å². The number of fused-ring (bicyclic) bond motifs is 1. The second kappa shape index (κ2) is 9.66. The first-order valence-electron chi connectivity index (χ1n) is 10.2. The van der Waals surface area contributed by atoms with Crippen LogP contribution in [-0.2, 0) is 11.2 Å². The van der Waals surface area contributed by atoms with Gasteiger partial charge in [0.1, 0.15) is 19.3 Å². The first-order chi connectivity index (χ1) is 15.1. The van der Waals surface area contributed by atoms with Gasteiger partial charge in [-0.1, -0.05) is 42.5 Å². The van der Waals surface area contributed by atoms with Crippen LogP contribution in [0.25, 0.3) is 0 Å². The van der Waals surface area contributed by atoms with Crippen molar-refractivity contribution in [2.24, 2.45) is 0 Å². The molecule has 4 rings (SSSR count).